The third-order valence-corrected chi connectivity index (χ3v) is 5.44. The molecule has 1 heterocycles. The fraction of sp³-hybridized carbons (Fsp3) is 0.385. The number of alkyl halides is 3. The predicted molar refractivity (Wildman–Crippen MR) is 138 cm³/mol. The zero-order chi connectivity index (χ0) is 30.3. The summed E-state index contributed by atoms with van der Waals surface area (Å²) in [6.45, 7) is 8.61. The van der Waals surface area contributed by atoms with E-state index < -0.39 is 29.8 Å². The first-order valence-electron chi connectivity index (χ1n) is 12.0. The van der Waals surface area contributed by atoms with Gasteiger partial charge >= 0.3 is 18.1 Å². The van der Waals surface area contributed by atoms with Crippen molar-refractivity contribution in [2.24, 2.45) is 0 Å². The number of carboxylic acid groups (broad SMARTS) is 2. The maximum Gasteiger partial charge on any atom is 0.490 e. The van der Waals surface area contributed by atoms with E-state index in [9.17, 15) is 37.1 Å². The summed E-state index contributed by atoms with van der Waals surface area (Å²) in [4.78, 5) is 49.4. The minimum absolute atomic E-state index is 0.0333. The van der Waals surface area contributed by atoms with Crippen LogP contribution in [-0.4, -0.2) is 83.3 Å². The number of benzene rings is 2. The van der Waals surface area contributed by atoms with Crippen molar-refractivity contribution in [3.63, 3.8) is 0 Å². The molecule has 0 radical (unpaired) electrons. The number of amides is 2. The van der Waals surface area contributed by atoms with Gasteiger partial charge in [0.25, 0.3) is 5.91 Å². The molecule has 0 bridgehead atoms. The fourth-order valence-electron chi connectivity index (χ4n) is 3.65. The van der Waals surface area contributed by atoms with E-state index in [0.29, 0.717) is 44.1 Å². The van der Waals surface area contributed by atoms with Crippen molar-refractivity contribution in [3.8, 4) is 0 Å². The van der Waals surface area contributed by atoms with Gasteiger partial charge in [0.15, 0.2) is 0 Å². The van der Waals surface area contributed by atoms with Crippen LogP contribution in [0.3, 0.4) is 0 Å². The van der Waals surface area contributed by atoms with Gasteiger partial charge in [-0.25, -0.2) is 14.0 Å². The highest BCUT2D eigenvalue weighted by molar-refractivity contribution is 6.06. The molecule has 10 nitrogen and oxygen atoms in total. The molecule has 3 rings (SSSR count). The van der Waals surface area contributed by atoms with E-state index in [0.717, 1.165) is 0 Å². The number of rotatable bonds is 6. The van der Waals surface area contributed by atoms with Crippen molar-refractivity contribution in [1.82, 2.24) is 10.2 Å². The van der Waals surface area contributed by atoms with E-state index in [1.54, 1.807) is 6.07 Å². The normalized spacial score (nSPS) is 14.0. The fourth-order valence-corrected chi connectivity index (χ4v) is 3.65. The van der Waals surface area contributed by atoms with Crippen LogP contribution in [0.25, 0.3) is 0 Å². The Labute approximate surface area is 227 Å². The predicted octanol–water partition coefficient (Wildman–Crippen LogP) is 3.45. The Morgan fingerprint density at radius 2 is 1.40 bits per heavy atom. The molecule has 2 aromatic carbocycles. The summed E-state index contributed by atoms with van der Waals surface area (Å²) in [7, 11) is 0. The number of nitrogens with zero attached hydrogens (tertiary/aromatic N) is 2. The molecule has 0 spiro atoms. The summed E-state index contributed by atoms with van der Waals surface area (Å²) in [5.74, 6) is -4.81. The largest absolute Gasteiger partial charge is 0.490 e. The molecule has 0 atom stereocenters. The topological polar surface area (TPSA) is 139 Å². The van der Waals surface area contributed by atoms with E-state index in [-0.39, 0.29) is 22.6 Å². The number of hydrogen-bond acceptors (Lipinski definition) is 6. The number of hydrogen-bond donors (Lipinski definition) is 4. The molecule has 0 aromatic heterocycles. The Morgan fingerprint density at radius 1 is 0.875 bits per heavy atom. The lowest BCUT2D eigenvalue weighted by Gasteiger charge is -2.37. The van der Waals surface area contributed by atoms with Gasteiger partial charge in [-0.2, -0.15) is 13.2 Å². The highest BCUT2D eigenvalue weighted by atomic mass is 19.4. The Bertz CT molecular complexity index is 1220. The summed E-state index contributed by atoms with van der Waals surface area (Å²) in [6.07, 6.45) is -5.08. The summed E-state index contributed by atoms with van der Waals surface area (Å²) in [5, 5.41) is 22.2. The average Bonchev–Trinajstić information content (AvgIpc) is 2.83. The van der Waals surface area contributed by atoms with Crippen LogP contribution in [-0.2, 0) is 9.59 Å². The number of carbonyl (C=O) groups is 4. The Balaban J connectivity index is 0.000000708. The van der Waals surface area contributed by atoms with Gasteiger partial charge in [-0.05, 0) is 63.2 Å². The first kappa shape index (κ1) is 32.0. The second kappa shape index (κ2) is 13.2. The number of anilines is 2. The smallest absolute Gasteiger partial charge is 0.478 e. The van der Waals surface area contributed by atoms with E-state index in [2.05, 4.69) is 15.5 Å². The van der Waals surface area contributed by atoms with Gasteiger partial charge in [0.1, 0.15) is 5.82 Å². The summed E-state index contributed by atoms with van der Waals surface area (Å²) < 4.78 is 44.9. The highest BCUT2D eigenvalue weighted by Gasteiger charge is 2.38. The number of nitrogens with one attached hydrogen (secondary N) is 2. The van der Waals surface area contributed by atoms with Crippen molar-refractivity contribution in [3.05, 3.63) is 59.4 Å². The number of carbonyl (C=O) groups excluding carboxylic acids is 2. The van der Waals surface area contributed by atoms with Gasteiger partial charge in [-0.1, -0.05) is 0 Å². The molecule has 4 N–H and O–H groups in total. The number of aromatic carboxylic acids is 1. The third kappa shape index (κ3) is 10.2. The highest BCUT2D eigenvalue weighted by Crippen LogP contribution is 2.29. The van der Waals surface area contributed by atoms with E-state index >= 15 is 0 Å². The van der Waals surface area contributed by atoms with E-state index in [1.165, 1.54) is 36.4 Å². The minimum atomic E-state index is -5.08. The van der Waals surface area contributed by atoms with Crippen molar-refractivity contribution in [2.75, 3.05) is 42.9 Å². The number of halogens is 4. The lowest BCUT2D eigenvalue weighted by molar-refractivity contribution is -0.192. The van der Waals surface area contributed by atoms with Crippen molar-refractivity contribution in [2.45, 2.75) is 32.5 Å². The molecular weight excluding hydrogens is 540 g/mol. The van der Waals surface area contributed by atoms with Crippen LogP contribution in [0.4, 0.5) is 28.9 Å². The molecule has 2 aromatic rings. The van der Waals surface area contributed by atoms with Crippen LogP contribution in [0.15, 0.2) is 42.5 Å². The van der Waals surface area contributed by atoms with Crippen molar-refractivity contribution >= 4 is 35.1 Å². The van der Waals surface area contributed by atoms with Crippen LogP contribution >= 0.6 is 0 Å². The molecule has 14 heteroatoms. The molecule has 40 heavy (non-hydrogen) atoms. The lowest BCUT2D eigenvalue weighted by Crippen LogP contribution is -2.51. The van der Waals surface area contributed by atoms with Gasteiger partial charge in [0.2, 0.25) is 5.91 Å². The Kier molecular flexibility index (Phi) is 10.6. The van der Waals surface area contributed by atoms with Crippen molar-refractivity contribution in [1.29, 1.82) is 0 Å². The first-order chi connectivity index (χ1) is 18.5. The standard InChI is InChI=1S/C24H29FN4O4.C2HF3O2/c1-24(2,3)27-21(30)15-28-10-12-29(13-11-28)20-9-6-17(23(32)33)14-19(20)26-22(31)16-4-7-18(25)8-5-16;3-2(4,5)1(6)7/h4-9,14H,10-13,15H2,1-3H3,(H,26,31)(H,27,30)(H,32,33);(H,6,7). The second-order valence-electron chi connectivity index (χ2n) is 9.86. The monoisotopic (exact) mass is 570 g/mol. The molecule has 1 aliphatic heterocycles. The molecule has 0 saturated carbocycles. The third-order valence-electron chi connectivity index (χ3n) is 5.44. The van der Waals surface area contributed by atoms with Gasteiger partial charge in [-0.15, -0.1) is 0 Å². The van der Waals surface area contributed by atoms with Gasteiger partial charge in [0, 0.05) is 37.3 Å². The Hall–Kier alpha value is -4.20. The number of piperazine rings is 1. The average molecular weight is 571 g/mol. The number of carboxylic acids is 2. The van der Waals surface area contributed by atoms with E-state index in [4.69, 9.17) is 9.90 Å². The molecule has 218 valence electrons. The molecule has 1 aliphatic rings. The maximum atomic E-state index is 13.2. The van der Waals surface area contributed by atoms with Crippen LogP contribution in [0, 0.1) is 5.82 Å². The molecule has 0 aliphatic carbocycles. The van der Waals surface area contributed by atoms with Crippen molar-refractivity contribution < 1.29 is 47.0 Å². The molecular formula is C26H30F4N4O6. The van der Waals surface area contributed by atoms with Gasteiger partial charge in [0.05, 0.1) is 23.5 Å². The number of aliphatic carboxylic acids is 1. The molecule has 2 amide bonds. The van der Waals surface area contributed by atoms with Gasteiger partial charge < -0.3 is 25.7 Å². The quantitative estimate of drug-likeness (QED) is 0.388. The SMILES string of the molecule is CC(C)(C)NC(=O)CN1CCN(c2ccc(C(=O)O)cc2NC(=O)c2ccc(F)cc2)CC1.O=C(O)C(F)(F)F. The summed E-state index contributed by atoms with van der Waals surface area (Å²) >= 11 is 0. The zero-order valence-electron chi connectivity index (χ0n) is 22.0. The summed E-state index contributed by atoms with van der Waals surface area (Å²) in [6, 6.07) is 9.71. The minimum Gasteiger partial charge on any atom is -0.478 e. The zero-order valence-corrected chi connectivity index (χ0v) is 22.0. The van der Waals surface area contributed by atoms with Crippen LogP contribution in [0.5, 0.6) is 0 Å². The maximum absolute atomic E-state index is 13.2. The Morgan fingerprint density at radius 3 is 1.88 bits per heavy atom. The van der Waals surface area contributed by atoms with Gasteiger partial charge in [-0.3, -0.25) is 14.5 Å². The van der Waals surface area contributed by atoms with E-state index in [1.807, 2.05) is 25.7 Å². The first-order valence-corrected chi connectivity index (χ1v) is 12.0. The molecule has 0 unspecified atom stereocenters. The van der Waals surface area contributed by atoms with Crippen LogP contribution in [0.2, 0.25) is 0 Å². The second-order valence-corrected chi connectivity index (χ2v) is 9.86. The van der Waals surface area contributed by atoms with Crippen LogP contribution < -0.4 is 15.5 Å². The molecule has 1 fully saturated rings. The molecule has 1 saturated heterocycles. The lowest BCUT2D eigenvalue weighted by atomic mass is 10.1. The summed E-state index contributed by atoms with van der Waals surface area (Å²) in [5.41, 5.74) is 1.07. The van der Waals surface area contributed by atoms with Crippen LogP contribution in [0.1, 0.15) is 41.5 Å².